The summed E-state index contributed by atoms with van der Waals surface area (Å²) in [7, 11) is 0. The molecular formula is C69H138O2. The van der Waals surface area contributed by atoms with Gasteiger partial charge in [-0.2, -0.15) is 0 Å². The summed E-state index contributed by atoms with van der Waals surface area (Å²) in [6, 6.07) is 0. The van der Waals surface area contributed by atoms with Crippen molar-refractivity contribution in [3.8, 4) is 0 Å². The zero-order chi connectivity index (χ0) is 51.0. The van der Waals surface area contributed by atoms with E-state index in [0.717, 1.165) is 12.8 Å². The number of carbonyl (C=O) groups excluding carboxylic acids is 1. The normalized spacial score (nSPS) is 11.6. The monoisotopic (exact) mass is 999 g/mol. The fourth-order valence-corrected chi connectivity index (χ4v) is 11.4. The van der Waals surface area contributed by atoms with Crippen LogP contribution in [0.2, 0.25) is 0 Å². The summed E-state index contributed by atoms with van der Waals surface area (Å²) < 4.78 is 5.54. The third-order valence-corrected chi connectivity index (χ3v) is 16.5. The number of hydrogen-bond acceptors (Lipinski definition) is 2. The van der Waals surface area contributed by atoms with E-state index in [1.807, 2.05) is 0 Å². The van der Waals surface area contributed by atoms with E-state index in [2.05, 4.69) is 13.8 Å². The number of hydrogen-bond donors (Lipinski definition) is 0. The van der Waals surface area contributed by atoms with E-state index in [-0.39, 0.29) is 5.97 Å². The lowest BCUT2D eigenvalue weighted by Gasteiger charge is -2.06. The second-order valence-corrected chi connectivity index (χ2v) is 23.9. The molecule has 0 atom stereocenters. The van der Waals surface area contributed by atoms with Crippen LogP contribution in [0.15, 0.2) is 0 Å². The van der Waals surface area contributed by atoms with Crippen LogP contribution in [-0.2, 0) is 9.53 Å². The summed E-state index contributed by atoms with van der Waals surface area (Å²) in [5, 5.41) is 0. The Bertz CT molecular complexity index is 913. The third-order valence-electron chi connectivity index (χ3n) is 16.5. The summed E-state index contributed by atoms with van der Waals surface area (Å²) in [6.07, 6.45) is 92.2. The molecule has 71 heavy (non-hydrogen) atoms. The highest BCUT2D eigenvalue weighted by molar-refractivity contribution is 5.69. The highest BCUT2D eigenvalue weighted by atomic mass is 16.5. The number of carbonyl (C=O) groups is 1. The van der Waals surface area contributed by atoms with Crippen molar-refractivity contribution < 1.29 is 9.53 Å². The lowest BCUT2D eigenvalue weighted by atomic mass is 10.0. The van der Waals surface area contributed by atoms with E-state index in [0.29, 0.717) is 13.0 Å². The molecule has 2 nitrogen and oxygen atoms in total. The van der Waals surface area contributed by atoms with Crippen molar-refractivity contribution in [3.63, 3.8) is 0 Å². The molecule has 0 aromatic carbocycles. The Morgan fingerprint density at radius 2 is 0.310 bits per heavy atom. The minimum Gasteiger partial charge on any atom is -0.466 e. The van der Waals surface area contributed by atoms with Crippen molar-refractivity contribution >= 4 is 5.97 Å². The molecule has 0 N–H and O–H groups in total. The van der Waals surface area contributed by atoms with E-state index in [9.17, 15) is 4.79 Å². The first kappa shape index (κ1) is 70.5. The Hall–Kier alpha value is -0.530. The Balaban J connectivity index is 3.14. The molecule has 0 saturated heterocycles. The molecule has 0 aliphatic rings. The summed E-state index contributed by atoms with van der Waals surface area (Å²) in [4.78, 5) is 12.2. The first-order chi connectivity index (χ1) is 35.3. The molecule has 0 aliphatic carbocycles. The van der Waals surface area contributed by atoms with Gasteiger partial charge in [-0.15, -0.1) is 0 Å². The van der Waals surface area contributed by atoms with Crippen molar-refractivity contribution in [3.05, 3.63) is 0 Å². The van der Waals surface area contributed by atoms with Crippen LogP contribution < -0.4 is 0 Å². The van der Waals surface area contributed by atoms with Gasteiger partial charge in [-0.05, 0) is 12.8 Å². The minimum atomic E-state index is 0.0382. The first-order valence-electron chi connectivity index (χ1n) is 34.5. The van der Waals surface area contributed by atoms with Gasteiger partial charge in [0.25, 0.3) is 0 Å². The number of ether oxygens (including phenoxy) is 1. The molecule has 0 amide bonds. The lowest BCUT2D eigenvalue weighted by Crippen LogP contribution is -2.05. The molecule has 426 valence electrons. The van der Waals surface area contributed by atoms with Gasteiger partial charge < -0.3 is 4.74 Å². The van der Waals surface area contributed by atoms with Crippen LogP contribution >= 0.6 is 0 Å². The maximum atomic E-state index is 12.2. The fraction of sp³-hybridized carbons (Fsp3) is 0.986. The van der Waals surface area contributed by atoms with Crippen molar-refractivity contribution in [1.29, 1.82) is 0 Å². The molecule has 0 aromatic rings. The van der Waals surface area contributed by atoms with Gasteiger partial charge in [-0.3, -0.25) is 4.79 Å². The predicted molar refractivity (Wildman–Crippen MR) is 322 cm³/mol. The summed E-state index contributed by atoms with van der Waals surface area (Å²) >= 11 is 0. The SMILES string of the molecule is CCCCCCCCCCCCCCCCCCCCCCCCCCCCCCCCCCCCC(=O)OCCCCCCCCCCCCCCCCCCCCCCCCCCCCCCCC. The lowest BCUT2D eigenvalue weighted by molar-refractivity contribution is -0.143. The molecule has 0 spiro atoms. The second kappa shape index (κ2) is 67.5. The minimum absolute atomic E-state index is 0.0382. The third kappa shape index (κ3) is 67.5. The zero-order valence-electron chi connectivity index (χ0n) is 50.0. The van der Waals surface area contributed by atoms with Crippen LogP contribution in [0.4, 0.5) is 0 Å². The summed E-state index contributed by atoms with van der Waals surface area (Å²) in [5.74, 6) is 0.0382. The molecule has 0 rings (SSSR count). The molecule has 0 bridgehead atoms. The van der Waals surface area contributed by atoms with E-state index in [1.54, 1.807) is 0 Å². The van der Waals surface area contributed by atoms with E-state index in [4.69, 9.17) is 4.74 Å². The maximum absolute atomic E-state index is 12.2. The average molecular weight is 1000 g/mol. The van der Waals surface area contributed by atoms with Gasteiger partial charge in [0.05, 0.1) is 6.61 Å². The van der Waals surface area contributed by atoms with Gasteiger partial charge in [0.2, 0.25) is 0 Å². The second-order valence-electron chi connectivity index (χ2n) is 23.9. The summed E-state index contributed by atoms with van der Waals surface area (Å²) in [5.41, 5.74) is 0. The summed E-state index contributed by atoms with van der Waals surface area (Å²) in [6.45, 7) is 5.26. The van der Waals surface area contributed by atoms with Crippen molar-refractivity contribution in [2.45, 2.75) is 431 Å². The van der Waals surface area contributed by atoms with Crippen molar-refractivity contribution in [2.24, 2.45) is 0 Å². The van der Waals surface area contributed by atoms with Crippen LogP contribution in [0.3, 0.4) is 0 Å². The van der Waals surface area contributed by atoms with Crippen LogP contribution in [0.5, 0.6) is 0 Å². The number of unbranched alkanes of at least 4 members (excludes halogenated alkanes) is 62. The topological polar surface area (TPSA) is 26.3 Å². The van der Waals surface area contributed by atoms with Crippen LogP contribution in [-0.4, -0.2) is 12.6 Å². The van der Waals surface area contributed by atoms with Crippen LogP contribution in [0.1, 0.15) is 431 Å². The quantitative estimate of drug-likeness (QED) is 0.0448. The fourth-order valence-electron chi connectivity index (χ4n) is 11.4. The van der Waals surface area contributed by atoms with Gasteiger partial charge in [0, 0.05) is 6.42 Å². The maximum Gasteiger partial charge on any atom is 0.305 e. The standard InChI is InChI=1S/C69H138O2/c1-3-5-7-9-11-13-15-17-19-21-23-25-27-29-31-33-35-36-37-38-39-41-43-45-47-49-51-53-55-57-59-61-63-65-67-69(70)71-68-66-64-62-60-58-56-54-52-50-48-46-44-42-40-34-32-30-28-26-24-22-20-18-16-14-12-10-8-6-4-2/h3-68H2,1-2H3. The highest BCUT2D eigenvalue weighted by Gasteiger charge is 2.04. The Morgan fingerprint density at radius 3 is 0.465 bits per heavy atom. The number of rotatable bonds is 66. The molecule has 0 unspecified atom stereocenters. The molecule has 0 saturated carbocycles. The Kier molecular flexibility index (Phi) is 67.0. The van der Waals surface area contributed by atoms with Crippen molar-refractivity contribution in [1.82, 2.24) is 0 Å². The molecule has 0 aromatic heterocycles. The van der Waals surface area contributed by atoms with E-state index < -0.39 is 0 Å². The number of esters is 1. The predicted octanol–water partition coefficient (Wildman–Crippen LogP) is 25.9. The smallest absolute Gasteiger partial charge is 0.305 e. The van der Waals surface area contributed by atoms with Gasteiger partial charge in [-0.1, -0.05) is 412 Å². The Labute approximate surface area is 451 Å². The zero-order valence-corrected chi connectivity index (χ0v) is 50.0. The average Bonchev–Trinajstić information content (AvgIpc) is 3.38. The molecule has 0 aliphatic heterocycles. The van der Waals surface area contributed by atoms with Gasteiger partial charge in [-0.25, -0.2) is 0 Å². The molecular weight excluding hydrogens is 861 g/mol. The molecule has 2 heteroatoms. The van der Waals surface area contributed by atoms with E-state index >= 15 is 0 Å². The van der Waals surface area contributed by atoms with Gasteiger partial charge in [0.15, 0.2) is 0 Å². The first-order valence-corrected chi connectivity index (χ1v) is 34.5. The Morgan fingerprint density at radius 1 is 0.183 bits per heavy atom. The van der Waals surface area contributed by atoms with Crippen molar-refractivity contribution in [2.75, 3.05) is 6.61 Å². The largest absolute Gasteiger partial charge is 0.466 e. The van der Waals surface area contributed by atoms with Crippen LogP contribution in [0, 0.1) is 0 Å². The van der Waals surface area contributed by atoms with Gasteiger partial charge >= 0.3 is 5.97 Å². The molecule has 0 radical (unpaired) electrons. The van der Waals surface area contributed by atoms with E-state index in [1.165, 1.54) is 398 Å². The van der Waals surface area contributed by atoms with Gasteiger partial charge in [0.1, 0.15) is 0 Å². The van der Waals surface area contributed by atoms with Crippen LogP contribution in [0.25, 0.3) is 0 Å². The molecule has 0 heterocycles. The molecule has 0 fully saturated rings. The highest BCUT2D eigenvalue weighted by Crippen LogP contribution is 2.20.